The Balaban J connectivity index is 0.00000312. The lowest BCUT2D eigenvalue weighted by molar-refractivity contribution is 0.305. The SMILES string of the molecule is CCCOc1ccc(CNC(=NC)NC2CCC(SCC)C2)cn1.I. The standard InChI is InChI=1S/C18H30N4OS.HI/c1-4-10-23-17-9-6-14(12-20-17)13-21-18(19-3)22-15-7-8-16(11-15)24-5-2;/h6,9,12,15-16H,4-5,7-8,10-11,13H2,1-3H3,(H2,19,21,22);1H. The van der Waals surface area contributed by atoms with Gasteiger partial charge in [-0.15, -0.1) is 24.0 Å². The molecule has 1 aliphatic carbocycles. The first-order chi connectivity index (χ1) is 11.7. The minimum absolute atomic E-state index is 0. The monoisotopic (exact) mass is 478 g/mol. The van der Waals surface area contributed by atoms with Crippen LogP contribution in [-0.2, 0) is 6.54 Å². The highest BCUT2D eigenvalue weighted by atomic mass is 127. The van der Waals surface area contributed by atoms with Crippen LogP contribution in [0.1, 0.15) is 45.1 Å². The van der Waals surface area contributed by atoms with Crippen molar-refractivity contribution in [2.45, 2.75) is 57.4 Å². The maximum atomic E-state index is 5.51. The number of rotatable bonds is 8. The van der Waals surface area contributed by atoms with Gasteiger partial charge in [-0.1, -0.05) is 19.9 Å². The summed E-state index contributed by atoms with van der Waals surface area (Å²) in [5.74, 6) is 2.76. The maximum absolute atomic E-state index is 5.51. The van der Waals surface area contributed by atoms with E-state index in [1.54, 1.807) is 0 Å². The van der Waals surface area contributed by atoms with Crippen LogP contribution >= 0.6 is 35.7 Å². The summed E-state index contributed by atoms with van der Waals surface area (Å²) >= 11 is 2.07. The second-order valence-corrected chi connectivity index (χ2v) is 7.59. The van der Waals surface area contributed by atoms with Gasteiger partial charge >= 0.3 is 0 Å². The lowest BCUT2D eigenvalue weighted by atomic mass is 10.2. The molecule has 1 aliphatic rings. The molecule has 2 unspecified atom stereocenters. The van der Waals surface area contributed by atoms with E-state index >= 15 is 0 Å². The van der Waals surface area contributed by atoms with Crippen LogP contribution in [0.4, 0.5) is 0 Å². The number of aliphatic imine (C=N–C) groups is 1. The van der Waals surface area contributed by atoms with Gasteiger partial charge < -0.3 is 15.4 Å². The fourth-order valence-electron chi connectivity index (χ4n) is 2.84. The van der Waals surface area contributed by atoms with E-state index in [-0.39, 0.29) is 24.0 Å². The number of halogens is 1. The summed E-state index contributed by atoms with van der Waals surface area (Å²) < 4.78 is 5.51. The zero-order chi connectivity index (χ0) is 17.2. The van der Waals surface area contributed by atoms with E-state index in [4.69, 9.17) is 4.74 Å². The van der Waals surface area contributed by atoms with Gasteiger partial charge in [0.25, 0.3) is 0 Å². The third-order valence-corrected chi connectivity index (χ3v) is 5.30. The van der Waals surface area contributed by atoms with Crippen molar-refractivity contribution >= 4 is 41.7 Å². The van der Waals surface area contributed by atoms with Gasteiger partial charge in [0.15, 0.2) is 5.96 Å². The third kappa shape index (κ3) is 8.02. The van der Waals surface area contributed by atoms with Crippen molar-refractivity contribution in [2.75, 3.05) is 19.4 Å². The van der Waals surface area contributed by atoms with Crippen LogP contribution in [0.25, 0.3) is 0 Å². The van der Waals surface area contributed by atoms with E-state index in [0.717, 1.165) is 23.2 Å². The molecular weight excluding hydrogens is 447 g/mol. The molecule has 1 saturated carbocycles. The van der Waals surface area contributed by atoms with E-state index < -0.39 is 0 Å². The maximum Gasteiger partial charge on any atom is 0.213 e. The predicted molar refractivity (Wildman–Crippen MR) is 118 cm³/mol. The zero-order valence-electron chi connectivity index (χ0n) is 15.5. The van der Waals surface area contributed by atoms with Gasteiger partial charge in [-0.05, 0) is 37.0 Å². The third-order valence-electron chi connectivity index (χ3n) is 4.06. The van der Waals surface area contributed by atoms with E-state index in [2.05, 4.69) is 46.2 Å². The summed E-state index contributed by atoms with van der Waals surface area (Å²) in [6.45, 7) is 5.74. The fourth-order valence-corrected chi connectivity index (χ4v) is 3.98. The Morgan fingerprint density at radius 1 is 1.36 bits per heavy atom. The molecular formula is C18H31IN4OS. The molecule has 1 aromatic rings. The van der Waals surface area contributed by atoms with Crippen molar-refractivity contribution in [1.29, 1.82) is 0 Å². The predicted octanol–water partition coefficient (Wildman–Crippen LogP) is 3.83. The van der Waals surface area contributed by atoms with Crippen molar-refractivity contribution in [3.05, 3.63) is 23.9 Å². The van der Waals surface area contributed by atoms with Crippen LogP contribution < -0.4 is 15.4 Å². The molecule has 0 amide bonds. The Hall–Kier alpha value is -0.700. The molecule has 2 atom stereocenters. The zero-order valence-corrected chi connectivity index (χ0v) is 18.6. The smallest absolute Gasteiger partial charge is 0.213 e. The molecule has 7 heteroatoms. The fraction of sp³-hybridized carbons (Fsp3) is 0.667. The van der Waals surface area contributed by atoms with Gasteiger partial charge in [0.05, 0.1) is 6.61 Å². The van der Waals surface area contributed by atoms with Gasteiger partial charge in [-0.3, -0.25) is 4.99 Å². The number of pyridine rings is 1. The molecule has 5 nitrogen and oxygen atoms in total. The van der Waals surface area contributed by atoms with Gasteiger partial charge in [0.2, 0.25) is 5.88 Å². The molecule has 0 saturated heterocycles. The lowest BCUT2D eigenvalue weighted by Crippen LogP contribution is -2.42. The minimum Gasteiger partial charge on any atom is -0.478 e. The summed E-state index contributed by atoms with van der Waals surface area (Å²) in [5, 5.41) is 7.71. The first kappa shape index (κ1) is 22.3. The first-order valence-corrected chi connectivity index (χ1v) is 9.96. The van der Waals surface area contributed by atoms with Crippen LogP contribution in [0.5, 0.6) is 5.88 Å². The average Bonchev–Trinajstić information content (AvgIpc) is 3.05. The Labute approximate surface area is 173 Å². The van der Waals surface area contributed by atoms with Gasteiger partial charge in [-0.25, -0.2) is 4.98 Å². The molecule has 0 aliphatic heterocycles. The average molecular weight is 478 g/mol. The number of aromatic nitrogens is 1. The van der Waals surface area contributed by atoms with Crippen molar-refractivity contribution in [3.63, 3.8) is 0 Å². The van der Waals surface area contributed by atoms with Crippen molar-refractivity contribution in [2.24, 2.45) is 4.99 Å². The van der Waals surface area contributed by atoms with E-state index in [1.165, 1.54) is 25.0 Å². The van der Waals surface area contributed by atoms with E-state index in [0.29, 0.717) is 25.1 Å². The highest BCUT2D eigenvalue weighted by Gasteiger charge is 2.24. The molecule has 0 spiro atoms. The molecule has 2 rings (SSSR count). The number of hydrogen-bond acceptors (Lipinski definition) is 4. The number of nitrogens with one attached hydrogen (secondary N) is 2. The van der Waals surface area contributed by atoms with Crippen LogP contribution in [0.3, 0.4) is 0 Å². The molecule has 0 radical (unpaired) electrons. The van der Waals surface area contributed by atoms with Crippen LogP contribution in [0.2, 0.25) is 0 Å². The molecule has 1 fully saturated rings. The summed E-state index contributed by atoms with van der Waals surface area (Å²) in [7, 11) is 1.82. The van der Waals surface area contributed by atoms with Crippen LogP contribution in [0, 0.1) is 0 Å². The lowest BCUT2D eigenvalue weighted by Gasteiger charge is -2.17. The number of guanidine groups is 1. The number of thioether (sulfide) groups is 1. The minimum atomic E-state index is 0. The normalized spacial score (nSPS) is 20.0. The Morgan fingerprint density at radius 3 is 2.84 bits per heavy atom. The quantitative estimate of drug-likeness (QED) is 0.338. The van der Waals surface area contributed by atoms with Crippen LogP contribution in [0.15, 0.2) is 23.3 Å². The van der Waals surface area contributed by atoms with E-state index in [1.807, 2.05) is 25.4 Å². The van der Waals surface area contributed by atoms with E-state index in [9.17, 15) is 0 Å². The summed E-state index contributed by atoms with van der Waals surface area (Å²) in [6, 6.07) is 4.50. The second-order valence-electron chi connectivity index (χ2n) is 6.01. The van der Waals surface area contributed by atoms with Crippen molar-refractivity contribution in [1.82, 2.24) is 15.6 Å². The van der Waals surface area contributed by atoms with Gasteiger partial charge in [-0.2, -0.15) is 11.8 Å². The van der Waals surface area contributed by atoms with Gasteiger partial charge in [0, 0.05) is 37.1 Å². The van der Waals surface area contributed by atoms with Gasteiger partial charge in [0.1, 0.15) is 0 Å². The topological polar surface area (TPSA) is 58.5 Å². The molecule has 0 bridgehead atoms. The largest absolute Gasteiger partial charge is 0.478 e. The molecule has 25 heavy (non-hydrogen) atoms. The summed E-state index contributed by atoms with van der Waals surface area (Å²) in [5.41, 5.74) is 1.12. The Morgan fingerprint density at radius 2 is 2.20 bits per heavy atom. The molecule has 1 aromatic heterocycles. The Bertz CT molecular complexity index is 512. The number of hydrogen-bond donors (Lipinski definition) is 2. The second kappa shape index (κ2) is 12.6. The van der Waals surface area contributed by atoms with Crippen LogP contribution in [-0.4, -0.2) is 41.6 Å². The molecule has 0 aromatic carbocycles. The van der Waals surface area contributed by atoms with Crippen molar-refractivity contribution < 1.29 is 4.74 Å². The highest BCUT2D eigenvalue weighted by molar-refractivity contribution is 14.0. The summed E-state index contributed by atoms with van der Waals surface area (Å²) in [6.07, 6.45) is 6.60. The van der Waals surface area contributed by atoms with Crippen molar-refractivity contribution in [3.8, 4) is 5.88 Å². The molecule has 1 heterocycles. The highest BCUT2D eigenvalue weighted by Crippen LogP contribution is 2.29. The summed E-state index contributed by atoms with van der Waals surface area (Å²) in [4.78, 5) is 8.67. The first-order valence-electron chi connectivity index (χ1n) is 8.91. The number of nitrogens with zero attached hydrogens (tertiary/aromatic N) is 2. The molecule has 142 valence electrons. The molecule has 2 N–H and O–H groups in total. The Kier molecular flexibility index (Phi) is 11.3. The number of ether oxygens (including phenoxy) is 1.